The topological polar surface area (TPSA) is 33.2 Å². The number of hydrogen-bond acceptors (Lipinski definition) is 3. The van der Waals surface area contributed by atoms with Gasteiger partial charge in [0.05, 0.1) is 6.04 Å². The SMILES string of the molecule is CCN(c1ccccc1)C(CC(=O)C12CC3CC(CC(C3)C1)C2)c1cccnc1. The highest BCUT2D eigenvalue weighted by Crippen LogP contribution is 2.61. The minimum atomic E-state index is -0.0364. The Balaban J connectivity index is 1.45. The number of aromatic nitrogens is 1. The van der Waals surface area contributed by atoms with Crippen molar-refractivity contribution < 1.29 is 4.79 Å². The van der Waals surface area contributed by atoms with Crippen LogP contribution < -0.4 is 4.90 Å². The van der Waals surface area contributed by atoms with Gasteiger partial charge in [-0.2, -0.15) is 0 Å². The molecule has 0 N–H and O–H groups in total. The Morgan fingerprint density at radius 1 is 1.03 bits per heavy atom. The molecule has 1 aromatic heterocycles. The summed E-state index contributed by atoms with van der Waals surface area (Å²) in [5.74, 6) is 2.93. The average molecular weight is 389 g/mol. The molecule has 3 heteroatoms. The second-order valence-corrected chi connectivity index (χ2v) is 9.75. The van der Waals surface area contributed by atoms with Crippen molar-refractivity contribution in [3.8, 4) is 0 Å². The summed E-state index contributed by atoms with van der Waals surface area (Å²) in [6, 6.07) is 14.7. The summed E-state index contributed by atoms with van der Waals surface area (Å²) in [6.07, 6.45) is 11.9. The highest BCUT2D eigenvalue weighted by Gasteiger charge is 2.54. The minimum absolute atomic E-state index is 0.0364. The molecule has 1 heterocycles. The molecule has 0 spiro atoms. The lowest BCUT2D eigenvalue weighted by Gasteiger charge is -2.56. The first-order chi connectivity index (χ1) is 14.2. The van der Waals surface area contributed by atoms with E-state index in [1.165, 1.54) is 24.9 Å². The molecule has 4 bridgehead atoms. The Morgan fingerprint density at radius 3 is 2.24 bits per heavy atom. The Kier molecular flexibility index (Phi) is 4.93. The van der Waals surface area contributed by atoms with Crippen LogP contribution in [0, 0.1) is 23.2 Å². The number of Topliss-reactive ketones (excluding diaryl/α,β-unsaturated/α-hetero) is 1. The molecule has 6 rings (SSSR count). The number of nitrogens with zero attached hydrogens (tertiary/aromatic N) is 2. The van der Waals surface area contributed by atoms with Gasteiger partial charge in [-0.1, -0.05) is 24.3 Å². The minimum Gasteiger partial charge on any atom is -0.364 e. The van der Waals surface area contributed by atoms with Crippen molar-refractivity contribution in [2.24, 2.45) is 23.2 Å². The van der Waals surface area contributed by atoms with E-state index >= 15 is 0 Å². The van der Waals surface area contributed by atoms with E-state index < -0.39 is 0 Å². The second-order valence-electron chi connectivity index (χ2n) is 9.75. The quantitative estimate of drug-likeness (QED) is 0.599. The van der Waals surface area contributed by atoms with E-state index in [4.69, 9.17) is 0 Å². The molecule has 1 aromatic carbocycles. The van der Waals surface area contributed by atoms with Gasteiger partial charge < -0.3 is 4.90 Å². The first-order valence-electron chi connectivity index (χ1n) is 11.4. The van der Waals surface area contributed by atoms with Crippen LogP contribution in [0.15, 0.2) is 54.9 Å². The second kappa shape index (κ2) is 7.59. The average Bonchev–Trinajstić information content (AvgIpc) is 2.74. The molecule has 0 amide bonds. The van der Waals surface area contributed by atoms with Gasteiger partial charge in [-0.05, 0) is 87.0 Å². The Morgan fingerprint density at radius 2 is 1.69 bits per heavy atom. The van der Waals surface area contributed by atoms with Crippen LogP contribution >= 0.6 is 0 Å². The molecule has 0 saturated heterocycles. The first-order valence-corrected chi connectivity index (χ1v) is 11.4. The van der Waals surface area contributed by atoms with Crippen molar-refractivity contribution in [3.05, 3.63) is 60.4 Å². The van der Waals surface area contributed by atoms with Gasteiger partial charge in [0.1, 0.15) is 5.78 Å². The van der Waals surface area contributed by atoms with Gasteiger partial charge >= 0.3 is 0 Å². The number of carbonyl (C=O) groups excluding carboxylic acids is 1. The summed E-state index contributed by atoms with van der Waals surface area (Å²) >= 11 is 0. The predicted molar refractivity (Wildman–Crippen MR) is 117 cm³/mol. The van der Waals surface area contributed by atoms with Gasteiger partial charge in [-0.15, -0.1) is 0 Å². The van der Waals surface area contributed by atoms with Gasteiger partial charge in [-0.25, -0.2) is 0 Å². The fourth-order valence-corrected chi connectivity index (χ4v) is 7.03. The van der Waals surface area contributed by atoms with Crippen molar-refractivity contribution in [1.29, 1.82) is 0 Å². The molecule has 152 valence electrons. The van der Waals surface area contributed by atoms with Crippen molar-refractivity contribution in [2.45, 2.75) is 57.9 Å². The van der Waals surface area contributed by atoms with E-state index in [1.807, 2.05) is 18.5 Å². The van der Waals surface area contributed by atoms with Crippen molar-refractivity contribution in [1.82, 2.24) is 4.98 Å². The lowest BCUT2D eigenvalue weighted by Crippen LogP contribution is -2.50. The summed E-state index contributed by atoms with van der Waals surface area (Å²) in [4.78, 5) is 20.6. The van der Waals surface area contributed by atoms with Gasteiger partial charge in [0.25, 0.3) is 0 Å². The van der Waals surface area contributed by atoms with Crippen LogP contribution in [0.2, 0.25) is 0 Å². The maximum Gasteiger partial charge on any atom is 0.141 e. The number of benzene rings is 1. The highest BCUT2D eigenvalue weighted by molar-refractivity contribution is 5.86. The molecule has 1 atom stereocenters. The molecular formula is C26H32N2O. The van der Waals surface area contributed by atoms with Gasteiger partial charge in [-0.3, -0.25) is 9.78 Å². The van der Waals surface area contributed by atoms with E-state index in [-0.39, 0.29) is 11.5 Å². The van der Waals surface area contributed by atoms with Crippen LogP contribution in [0.5, 0.6) is 0 Å². The number of hydrogen-bond donors (Lipinski definition) is 0. The van der Waals surface area contributed by atoms with E-state index in [0.29, 0.717) is 12.2 Å². The van der Waals surface area contributed by atoms with Crippen LogP contribution in [0.3, 0.4) is 0 Å². The number of ketones is 1. The third kappa shape index (κ3) is 3.49. The molecule has 0 radical (unpaired) electrons. The monoisotopic (exact) mass is 388 g/mol. The highest BCUT2D eigenvalue weighted by atomic mass is 16.1. The molecule has 4 fully saturated rings. The first kappa shape index (κ1) is 18.8. The molecule has 3 nitrogen and oxygen atoms in total. The number of anilines is 1. The van der Waals surface area contributed by atoms with Crippen LogP contribution in [-0.2, 0) is 4.79 Å². The molecular weight excluding hydrogens is 356 g/mol. The maximum absolute atomic E-state index is 13.9. The fraction of sp³-hybridized carbons (Fsp3) is 0.538. The molecule has 2 aromatic rings. The lowest BCUT2D eigenvalue weighted by molar-refractivity contribution is -0.144. The summed E-state index contributed by atoms with van der Waals surface area (Å²) in [7, 11) is 0. The molecule has 1 unspecified atom stereocenters. The van der Waals surface area contributed by atoms with Gasteiger partial charge in [0.15, 0.2) is 0 Å². The Bertz CT molecular complexity index is 812. The third-order valence-electron chi connectivity index (χ3n) is 7.88. The summed E-state index contributed by atoms with van der Waals surface area (Å²) < 4.78 is 0. The van der Waals surface area contributed by atoms with Crippen LogP contribution in [0.25, 0.3) is 0 Å². The van der Waals surface area contributed by atoms with E-state index in [9.17, 15) is 4.79 Å². The Labute approximate surface area is 174 Å². The molecule has 4 saturated carbocycles. The summed E-state index contributed by atoms with van der Waals surface area (Å²) in [5.41, 5.74) is 2.30. The van der Waals surface area contributed by atoms with Gasteiger partial charge in [0, 0.05) is 36.5 Å². The van der Waals surface area contributed by atoms with E-state index in [2.05, 4.69) is 53.2 Å². The molecule has 0 aliphatic heterocycles. The number of pyridine rings is 1. The van der Waals surface area contributed by atoms with Crippen molar-refractivity contribution in [3.63, 3.8) is 0 Å². The Hall–Kier alpha value is -2.16. The molecule has 29 heavy (non-hydrogen) atoms. The number of carbonyl (C=O) groups is 1. The summed E-state index contributed by atoms with van der Waals surface area (Å²) in [5, 5.41) is 0. The standard InChI is InChI=1S/C26H32N2O/c1-2-28(23-8-4-3-5-9-23)24(22-7-6-10-27-18-22)14-25(29)26-15-19-11-20(16-26)13-21(12-19)17-26/h3-10,18-21,24H,2,11-17H2,1H3. The van der Waals surface area contributed by atoms with Crippen molar-refractivity contribution >= 4 is 11.5 Å². The van der Waals surface area contributed by atoms with Crippen molar-refractivity contribution in [2.75, 3.05) is 11.4 Å². The maximum atomic E-state index is 13.9. The van der Waals surface area contributed by atoms with Crippen LogP contribution in [-0.4, -0.2) is 17.3 Å². The fourth-order valence-electron chi connectivity index (χ4n) is 7.03. The smallest absolute Gasteiger partial charge is 0.141 e. The van der Waals surface area contributed by atoms with Gasteiger partial charge in [0.2, 0.25) is 0 Å². The largest absolute Gasteiger partial charge is 0.364 e. The van der Waals surface area contributed by atoms with E-state index in [0.717, 1.165) is 49.1 Å². The lowest BCUT2D eigenvalue weighted by atomic mass is 9.48. The number of rotatable bonds is 7. The normalized spacial score (nSPS) is 30.9. The number of para-hydroxylation sites is 1. The van der Waals surface area contributed by atoms with Crippen LogP contribution in [0.1, 0.15) is 63.5 Å². The zero-order valence-electron chi connectivity index (χ0n) is 17.5. The summed E-state index contributed by atoms with van der Waals surface area (Å²) in [6.45, 7) is 3.06. The predicted octanol–water partition coefficient (Wildman–Crippen LogP) is 5.82. The van der Waals surface area contributed by atoms with E-state index in [1.54, 1.807) is 0 Å². The zero-order valence-corrected chi connectivity index (χ0v) is 17.5. The third-order valence-corrected chi connectivity index (χ3v) is 7.88. The van der Waals surface area contributed by atoms with Crippen LogP contribution in [0.4, 0.5) is 5.69 Å². The zero-order chi connectivity index (χ0) is 19.8. The molecule has 4 aliphatic rings. The molecule has 4 aliphatic carbocycles.